The minimum atomic E-state index is -1.15. The molecule has 6 heteroatoms. The Kier molecular flexibility index (Phi) is 5.99. The number of carboxylic acid groups (broad SMARTS) is 1. The number of carbonyl (C=O) groups excluding carboxylic acids is 1. The van der Waals surface area contributed by atoms with Crippen LogP contribution >= 0.6 is 0 Å². The van der Waals surface area contributed by atoms with Crippen LogP contribution in [0.1, 0.15) is 13.8 Å². The van der Waals surface area contributed by atoms with E-state index < -0.39 is 17.8 Å². The number of aliphatic hydroxyl groups excluding tert-OH is 1. The number of nitrogens with one attached hydrogen (secondary N) is 1. The molecule has 0 aliphatic rings. The molecule has 6 nitrogen and oxygen atoms in total. The van der Waals surface area contributed by atoms with Crippen molar-refractivity contribution in [3.8, 4) is 0 Å². The van der Waals surface area contributed by atoms with E-state index in [9.17, 15) is 9.59 Å². The second-order valence-electron chi connectivity index (χ2n) is 4.40. The molecule has 1 aromatic rings. The van der Waals surface area contributed by atoms with Gasteiger partial charge in [-0.05, 0) is 38.1 Å². The Bertz CT molecular complexity index is 459. The molecule has 1 aromatic carbocycles. The first-order valence-electron chi connectivity index (χ1n) is 6.49. The van der Waals surface area contributed by atoms with E-state index >= 15 is 0 Å². The number of carbonyl (C=O) groups is 2. The summed E-state index contributed by atoms with van der Waals surface area (Å²) < 4.78 is 0. The van der Waals surface area contributed by atoms with Gasteiger partial charge in [-0.3, -0.25) is 9.59 Å². The van der Waals surface area contributed by atoms with Crippen LogP contribution in [0.2, 0.25) is 0 Å². The normalized spacial score (nSPS) is 11.8. The van der Waals surface area contributed by atoms with Crippen molar-refractivity contribution in [2.45, 2.75) is 13.8 Å². The van der Waals surface area contributed by atoms with Crippen LogP contribution in [0, 0.1) is 5.92 Å². The molecule has 110 valence electrons. The number of hydrogen-bond acceptors (Lipinski definition) is 4. The summed E-state index contributed by atoms with van der Waals surface area (Å²) in [5.74, 6) is -2.79. The van der Waals surface area contributed by atoms with Gasteiger partial charge in [0.25, 0.3) is 0 Å². The maximum absolute atomic E-state index is 11.6. The number of amides is 1. The fourth-order valence-corrected chi connectivity index (χ4v) is 1.71. The van der Waals surface area contributed by atoms with E-state index in [1.807, 2.05) is 24.0 Å². The highest BCUT2D eigenvalue weighted by Gasteiger charge is 2.20. The lowest BCUT2D eigenvalue weighted by molar-refractivity contribution is -0.144. The molecule has 0 aromatic heterocycles. The highest BCUT2D eigenvalue weighted by Crippen LogP contribution is 2.18. The minimum absolute atomic E-state index is 0.0719. The molecule has 20 heavy (non-hydrogen) atoms. The third-order valence-corrected chi connectivity index (χ3v) is 3.02. The van der Waals surface area contributed by atoms with Gasteiger partial charge in [0.05, 0.1) is 6.61 Å². The summed E-state index contributed by atoms with van der Waals surface area (Å²) in [5, 5.41) is 20.3. The molecule has 1 unspecified atom stereocenters. The molecule has 0 bridgehead atoms. The molecule has 1 amide bonds. The number of aliphatic hydroxyl groups is 1. The quantitative estimate of drug-likeness (QED) is 0.652. The van der Waals surface area contributed by atoms with Gasteiger partial charge in [0, 0.05) is 24.5 Å². The van der Waals surface area contributed by atoms with Gasteiger partial charge in [-0.25, -0.2) is 0 Å². The Labute approximate surface area is 118 Å². The zero-order valence-corrected chi connectivity index (χ0v) is 11.7. The SMILES string of the molecule is CCN(CCO)c1ccc(NC(=O)C(C)C(=O)O)cc1. The predicted molar refractivity (Wildman–Crippen MR) is 76.8 cm³/mol. The first-order valence-corrected chi connectivity index (χ1v) is 6.49. The summed E-state index contributed by atoms with van der Waals surface area (Å²) in [6.07, 6.45) is 0. The van der Waals surface area contributed by atoms with Gasteiger partial charge in [-0.15, -0.1) is 0 Å². The average molecular weight is 280 g/mol. The Morgan fingerprint density at radius 1 is 1.30 bits per heavy atom. The standard InChI is InChI=1S/C14H20N2O4/c1-3-16(8-9-17)12-6-4-11(5-7-12)15-13(18)10(2)14(19)20/h4-7,10,17H,3,8-9H2,1-2H3,(H,15,18)(H,19,20). The lowest BCUT2D eigenvalue weighted by Gasteiger charge is -2.22. The molecule has 0 fully saturated rings. The zero-order chi connectivity index (χ0) is 15.1. The number of nitrogens with zero attached hydrogens (tertiary/aromatic N) is 1. The van der Waals surface area contributed by atoms with Crippen molar-refractivity contribution in [1.82, 2.24) is 0 Å². The molecule has 0 aliphatic carbocycles. The smallest absolute Gasteiger partial charge is 0.315 e. The molecule has 3 N–H and O–H groups in total. The monoisotopic (exact) mass is 280 g/mol. The lowest BCUT2D eigenvalue weighted by Crippen LogP contribution is -2.27. The second kappa shape index (κ2) is 7.49. The highest BCUT2D eigenvalue weighted by molar-refractivity contribution is 6.03. The number of carboxylic acids is 1. The number of likely N-dealkylation sites (N-methyl/N-ethyl adjacent to an activating group) is 1. The van der Waals surface area contributed by atoms with Crippen molar-refractivity contribution in [3.63, 3.8) is 0 Å². The van der Waals surface area contributed by atoms with Crippen LogP contribution in [0.3, 0.4) is 0 Å². The van der Waals surface area contributed by atoms with Gasteiger partial charge in [0.1, 0.15) is 5.92 Å². The van der Waals surface area contributed by atoms with Crippen LogP contribution in [0.25, 0.3) is 0 Å². The van der Waals surface area contributed by atoms with Crippen LogP contribution in [0.5, 0.6) is 0 Å². The van der Waals surface area contributed by atoms with Crippen molar-refractivity contribution in [3.05, 3.63) is 24.3 Å². The lowest BCUT2D eigenvalue weighted by atomic mass is 10.1. The summed E-state index contributed by atoms with van der Waals surface area (Å²) in [6.45, 7) is 4.70. The van der Waals surface area contributed by atoms with Gasteiger partial charge < -0.3 is 20.4 Å². The summed E-state index contributed by atoms with van der Waals surface area (Å²) >= 11 is 0. The van der Waals surface area contributed by atoms with Gasteiger partial charge in [0.2, 0.25) is 5.91 Å². The summed E-state index contributed by atoms with van der Waals surface area (Å²) in [7, 11) is 0. The van der Waals surface area contributed by atoms with E-state index in [1.54, 1.807) is 12.1 Å². The predicted octanol–water partition coefficient (Wildman–Crippen LogP) is 1.16. The summed E-state index contributed by atoms with van der Waals surface area (Å²) in [4.78, 5) is 24.3. The Morgan fingerprint density at radius 2 is 1.90 bits per heavy atom. The number of hydrogen-bond donors (Lipinski definition) is 3. The number of benzene rings is 1. The molecule has 1 rings (SSSR count). The Hall–Kier alpha value is -2.08. The van der Waals surface area contributed by atoms with Crippen LogP contribution in [-0.4, -0.2) is 41.8 Å². The first-order chi connectivity index (χ1) is 9.49. The molecule has 0 heterocycles. The van der Waals surface area contributed by atoms with Gasteiger partial charge >= 0.3 is 5.97 Å². The van der Waals surface area contributed by atoms with E-state index in [0.29, 0.717) is 12.2 Å². The molecule has 0 saturated carbocycles. The van der Waals surface area contributed by atoms with E-state index in [-0.39, 0.29) is 6.61 Å². The molecule has 0 saturated heterocycles. The van der Waals surface area contributed by atoms with E-state index in [1.165, 1.54) is 6.92 Å². The summed E-state index contributed by atoms with van der Waals surface area (Å²) in [5.41, 5.74) is 1.48. The van der Waals surface area contributed by atoms with Crippen LogP contribution < -0.4 is 10.2 Å². The van der Waals surface area contributed by atoms with Crippen LogP contribution in [0.4, 0.5) is 11.4 Å². The number of rotatable bonds is 7. The topological polar surface area (TPSA) is 89.9 Å². The van der Waals surface area contributed by atoms with Crippen molar-refractivity contribution in [2.24, 2.45) is 5.92 Å². The van der Waals surface area contributed by atoms with Gasteiger partial charge in [0.15, 0.2) is 0 Å². The van der Waals surface area contributed by atoms with Crippen molar-refractivity contribution < 1.29 is 19.8 Å². The molecular formula is C14H20N2O4. The van der Waals surface area contributed by atoms with E-state index in [0.717, 1.165) is 12.2 Å². The van der Waals surface area contributed by atoms with Gasteiger partial charge in [-0.2, -0.15) is 0 Å². The fraction of sp³-hybridized carbons (Fsp3) is 0.429. The third kappa shape index (κ3) is 4.24. The summed E-state index contributed by atoms with van der Waals surface area (Å²) in [6, 6.07) is 7.06. The van der Waals surface area contributed by atoms with Crippen molar-refractivity contribution in [2.75, 3.05) is 29.9 Å². The van der Waals surface area contributed by atoms with E-state index in [4.69, 9.17) is 10.2 Å². The molecular weight excluding hydrogens is 260 g/mol. The minimum Gasteiger partial charge on any atom is -0.481 e. The largest absolute Gasteiger partial charge is 0.481 e. The molecule has 0 spiro atoms. The third-order valence-electron chi connectivity index (χ3n) is 3.02. The second-order valence-corrected chi connectivity index (χ2v) is 4.40. The number of anilines is 2. The molecule has 0 aliphatic heterocycles. The number of aliphatic carboxylic acids is 1. The van der Waals surface area contributed by atoms with Crippen molar-refractivity contribution in [1.29, 1.82) is 0 Å². The zero-order valence-electron chi connectivity index (χ0n) is 11.7. The maximum atomic E-state index is 11.6. The Morgan fingerprint density at radius 3 is 2.35 bits per heavy atom. The average Bonchev–Trinajstić information content (AvgIpc) is 2.44. The van der Waals surface area contributed by atoms with Crippen LogP contribution in [0.15, 0.2) is 24.3 Å². The first kappa shape index (κ1) is 16.0. The van der Waals surface area contributed by atoms with E-state index in [2.05, 4.69) is 5.32 Å². The maximum Gasteiger partial charge on any atom is 0.315 e. The molecule has 1 atom stereocenters. The van der Waals surface area contributed by atoms with Gasteiger partial charge in [-0.1, -0.05) is 0 Å². The van der Waals surface area contributed by atoms with Crippen molar-refractivity contribution >= 4 is 23.3 Å². The highest BCUT2D eigenvalue weighted by atomic mass is 16.4. The fourth-order valence-electron chi connectivity index (χ4n) is 1.71. The van der Waals surface area contributed by atoms with Crippen LogP contribution in [-0.2, 0) is 9.59 Å². The Balaban J connectivity index is 2.71. The molecule has 0 radical (unpaired) electrons.